The molecular formula is C9H9BrO2S. The molecular weight excluding hydrogens is 252 g/mol. The molecule has 0 aliphatic rings. The SMILES string of the molecule is CS(=O)(=O)/C=C/c1cccc(Br)c1. The van der Waals surface area contributed by atoms with E-state index in [9.17, 15) is 8.42 Å². The lowest BCUT2D eigenvalue weighted by molar-refractivity contribution is 0.610. The van der Waals surface area contributed by atoms with Crippen LogP contribution in [0.1, 0.15) is 5.56 Å². The second kappa shape index (κ2) is 4.07. The monoisotopic (exact) mass is 260 g/mol. The van der Waals surface area contributed by atoms with Crippen LogP contribution in [0.2, 0.25) is 0 Å². The van der Waals surface area contributed by atoms with Gasteiger partial charge in [0, 0.05) is 16.1 Å². The van der Waals surface area contributed by atoms with Gasteiger partial charge in [0.25, 0.3) is 0 Å². The fourth-order valence-corrected chi connectivity index (χ4v) is 1.63. The Morgan fingerprint density at radius 3 is 2.62 bits per heavy atom. The molecule has 13 heavy (non-hydrogen) atoms. The maximum atomic E-state index is 10.8. The molecule has 0 fully saturated rings. The van der Waals surface area contributed by atoms with E-state index in [1.807, 2.05) is 24.3 Å². The van der Waals surface area contributed by atoms with Crippen LogP contribution in [-0.4, -0.2) is 14.7 Å². The molecule has 0 unspecified atom stereocenters. The van der Waals surface area contributed by atoms with Crippen molar-refractivity contribution >= 4 is 31.8 Å². The minimum Gasteiger partial charge on any atom is -0.225 e. The van der Waals surface area contributed by atoms with Crippen LogP contribution < -0.4 is 0 Å². The molecule has 70 valence electrons. The summed E-state index contributed by atoms with van der Waals surface area (Å²) in [4.78, 5) is 0. The van der Waals surface area contributed by atoms with Crippen LogP contribution in [-0.2, 0) is 9.84 Å². The molecule has 0 amide bonds. The van der Waals surface area contributed by atoms with E-state index in [2.05, 4.69) is 15.9 Å². The van der Waals surface area contributed by atoms with Crippen molar-refractivity contribution in [3.05, 3.63) is 39.7 Å². The summed E-state index contributed by atoms with van der Waals surface area (Å²) in [6.45, 7) is 0. The molecule has 1 aromatic carbocycles. The van der Waals surface area contributed by atoms with Crippen molar-refractivity contribution in [1.29, 1.82) is 0 Å². The second-order valence-corrected chi connectivity index (χ2v) is 5.53. The minimum absolute atomic E-state index is 0.861. The zero-order valence-corrected chi connectivity index (χ0v) is 9.47. The molecule has 0 saturated carbocycles. The number of hydrogen-bond donors (Lipinski definition) is 0. The van der Waals surface area contributed by atoms with Crippen LogP contribution in [0.3, 0.4) is 0 Å². The standard InChI is InChI=1S/C9H9BrO2S/c1-13(11,12)6-5-8-3-2-4-9(10)7-8/h2-7H,1H3/b6-5+. The fourth-order valence-electron chi connectivity index (χ4n) is 0.812. The molecule has 1 aromatic rings. The maximum absolute atomic E-state index is 10.8. The van der Waals surface area contributed by atoms with Crippen molar-refractivity contribution in [2.75, 3.05) is 6.26 Å². The molecule has 0 heterocycles. The summed E-state index contributed by atoms with van der Waals surface area (Å²) < 4.78 is 22.5. The Labute approximate surface area is 86.3 Å². The summed E-state index contributed by atoms with van der Waals surface area (Å²) in [5, 5.41) is 1.19. The third-order valence-electron chi connectivity index (χ3n) is 1.36. The average Bonchev–Trinajstić information content (AvgIpc) is 2.00. The van der Waals surface area contributed by atoms with Gasteiger partial charge in [-0.15, -0.1) is 0 Å². The van der Waals surface area contributed by atoms with Gasteiger partial charge in [0.05, 0.1) is 0 Å². The summed E-state index contributed by atoms with van der Waals surface area (Å²) in [6, 6.07) is 7.43. The Morgan fingerprint density at radius 1 is 1.38 bits per heavy atom. The predicted molar refractivity (Wildman–Crippen MR) is 58.0 cm³/mol. The highest BCUT2D eigenvalue weighted by molar-refractivity contribution is 9.10. The minimum atomic E-state index is -3.03. The Morgan fingerprint density at radius 2 is 2.08 bits per heavy atom. The first-order valence-corrected chi connectivity index (χ1v) is 6.36. The van der Waals surface area contributed by atoms with Gasteiger partial charge < -0.3 is 0 Å². The lowest BCUT2D eigenvalue weighted by Crippen LogP contribution is -1.87. The van der Waals surface area contributed by atoms with E-state index in [0.29, 0.717) is 0 Å². The van der Waals surface area contributed by atoms with Gasteiger partial charge in [-0.05, 0) is 23.8 Å². The Hall–Kier alpha value is -0.610. The molecule has 0 aliphatic carbocycles. The number of benzene rings is 1. The van der Waals surface area contributed by atoms with Gasteiger partial charge in [0.1, 0.15) is 0 Å². The normalized spacial score (nSPS) is 12.2. The summed E-state index contributed by atoms with van der Waals surface area (Å²) >= 11 is 3.30. The molecule has 0 bridgehead atoms. The van der Waals surface area contributed by atoms with E-state index in [1.165, 1.54) is 11.7 Å². The zero-order valence-electron chi connectivity index (χ0n) is 7.07. The highest BCUT2D eigenvalue weighted by atomic mass is 79.9. The molecule has 4 heteroatoms. The number of hydrogen-bond acceptors (Lipinski definition) is 2. The van der Waals surface area contributed by atoms with Gasteiger partial charge in [0.15, 0.2) is 9.84 Å². The van der Waals surface area contributed by atoms with Crippen LogP contribution in [0.5, 0.6) is 0 Å². The second-order valence-electron chi connectivity index (χ2n) is 2.69. The number of sulfone groups is 1. The third kappa shape index (κ3) is 4.24. The Balaban J connectivity index is 2.93. The van der Waals surface area contributed by atoms with E-state index in [0.717, 1.165) is 10.0 Å². The Bertz CT molecular complexity index is 421. The largest absolute Gasteiger partial charge is 0.225 e. The molecule has 0 aromatic heterocycles. The van der Waals surface area contributed by atoms with Crippen molar-refractivity contribution in [3.63, 3.8) is 0 Å². The van der Waals surface area contributed by atoms with Crippen molar-refractivity contribution in [2.24, 2.45) is 0 Å². The molecule has 0 saturated heterocycles. The van der Waals surface area contributed by atoms with Gasteiger partial charge >= 0.3 is 0 Å². The molecule has 0 spiro atoms. The highest BCUT2D eigenvalue weighted by Gasteiger charge is 1.93. The molecule has 0 aliphatic heterocycles. The van der Waals surface area contributed by atoms with Crippen LogP contribution in [0, 0.1) is 0 Å². The summed E-state index contributed by atoms with van der Waals surface area (Å²) in [7, 11) is -3.03. The van der Waals surface area contributed by atoms with E-state index in [4.69, 9.17) is 0 Å². The Kier molecular flexibility index (Phi) is 3.27. The van der Waals surface area contributed by atoms with Gasteiger partial charge in [-0.2, -0.15) is 0 Å². The summed E-state index contributed by atoms with van der Waals surface area (Å²) in [6.07, 6.45) is 2.74. The van der Waals surface area contributed by atoms with Gasteiger partial charge in [-0.25, -0.2) is 8.42 Å². The molecule has 2 nitrogen and oxygen atoms in total. The topological polar surface area (TPSA) is 34.1 Å². The van der Waals surface area contributed by atoms with Crippen molar-refractivity contribution in [1.82, 2.24) is 0 Å². The van der Waals surface area contributed by atoms with Gasteiger partial charge in [-0.1, -0.05) is 28.1 Å². The van der Waals surface area contributed by atoms with Crippen LogP contribution in [0.4, 0.5) is 0 Å². The van der Waals surface area contributed by atoms with E-state index < -0.39 is 9.84 Å². The zero-order chi connectivity index (χ0) is 9.90. The molecule has 0 radical (unpaired) electrons. The summed E-state index contributed by atoms with van der Waals surface area (Å²) in [5.41, 5.74) is 0.861. The molecule has 1 rings (SSSR count). The molecule has 0 atom stereocenters. The van der Waals surface area contributed by atoms with Crippen LogP contribution in [0.25, 0.3) is 6.08 Å². The first kappa shape index (κ1) is 10.5. The lowest BCUT2D eigenvalue weighted by atomic mass is 10.2. The highest BCUT2D eigenvalue weighted by Crippen LogP contribution is 2.12. The molecule has 0 N–H and O–H groups in total. The quantitative estimate of drug-likeness (QED) is 0.819. The average molecular weight is 261 g/mol. The predicted octanol–water partition coefficient (Wildman–Crippen LogP) is 2.46. The maximum Gasteiger partial charge on any atom is 0.168 e. The van der Waals surface area contributed by atoms with E-state index >= 15 is 0 Å². The van der Waals surface area contributed by atoms with Crippen molar-refractivity contribution in [2.45, 2.75) is 0 Å². The summed E-state index contributed by atoms with van der Waals surface area (Å²) in [5.74, 6) is 0. The fraction of sp³-hybridized carbons (Fsp3) is 0.111. The van der Waals surface area contributed by atoms with Crippen LogP contribution in [0.15, 0.2) is 34.1 Å². The first-order valence-electron chi connectivity index (χ1n) is 3.61. The first-order chi connectivity index (χ1) is 5.97. The number of rotatable bonds is 2. The van der Waals surface area contributed by atoms with Gasteiger partial charge in [-0.3, -0.25) is 0 Å². The van der Waals surface area contributed by atoms with Gasteiger partial charge in [0.2, 0.25) is 0 Å². The van der Waals surface area contributed by atoms with E-state index in [-0.39, 0.29) is 0 Å². The smallest absolute Gasteiger partial charge is 0.168 e. The van der Waals surface area contributed by atoms with E-state index in [1.54, 1.807) is 6.08 Å². The van der Waals surface area contributed by atoms with Crippen molar-refractivity contribution in [3.8, 4) is 0 Å². The lowest BCUT2D eigenvalue weighted by Gasteiger charge is -1.93. The van der Waals surface area contributed by atoms with Crippen molar-refractivity contribution < 1.29 is 8.42 Å². The van der Waals surface area contributed by atoms with Crippen LogP contribution >= 0.6 is 15.9 Å². The third-order valence-corrected chi connectivity index (χ3v) is 2.48. The number of halogens is 1.